The van der Waals surface area contributed by atoms with Crippen LogP contribution in [0, 0.1) is 35.5 Å². The molecule has 8 aliphatic rings. The average Bonchev–Trinajstić information content (AvgIpc) is 1.53. The summed E-state index contributed by atoms with van der Waals surface area (Å²) in [5.74, 6) is -10.9. The number of ether oxygens (including phenoxy) is 1. The van der Waals surface area contributed by atoms with Crippen LogP contribution in [0.4, 0.5) is 13.2 Å². The molecule has 4 aliphatic carbocycles. The van der Waals surface area contributed by atoms with Gasteiger partial charge >= 0.3 is 6.18 Å². The van der Waals surface area contributed by atoms with Crippen molar-refractivity contribution in [2.24, 2.45) is 35.5 Å². The Morgan fingerprint density at radius 1 is 0.596 bits per heavy atom. The molecule has 8 fully saturated rings. The van der Waals surface area contributed by atoms with Gasteiger partial charge in [0.05, 0.1) is 31.6 Å². The van der Waals surface area contributed by atoms with Crippen molar-refractivity contribution in [3.05, 3.63) is 0 Å². The SMILES string of the molecule is CC[C@H](C)[C@@H]1NC(=O)[C@H](CC(C)C)N(C)C(=O)C[C@@H](C(=O)N2CCCCC2)N(C)C(=O)[C@H](C(C)C)N(C)C(=O)C2(CCCC2)NC(=O)[C@@H]2CCCN2C(=O)[C@H](CCC2CCC(C(F)(F)F)C(Cl)C2)NC(=O)CN(C)C(=O)[C@H](CC2CCCCC2)N(C)C(=O)[C@@H]2CCN2C(=O)[C@H](COC2CC2)N(C)C1=O. The summed E-state index contributed by atoms with van der Waals surface area (Å²) in [6.07, 6.45) is 5.71. The van der Waals surface area contributed by atoms with E-state index in [-0.39, 0.29) is 114 Å². The van der Waals surface area contributed by atoms with Crippen LogP contribution in [-0.4, -0.2) is 274 Å². The highest BCUT2D eigenvalue weighted by atomic mass is 35.5. The number of hydrogen-bond donors (Lipinski definition) is 3. The van der Waals surface area contributed by atoms with Crippen LogP contribution in [0.1, 0.15) is 208 Å². The number of halogens is 4. The highest BCUT2D eigenvalue weighted by Crippen LogP contribution is 2.44. The van der Waals surface area contributed by atoms with Gasteiger partial charge in [-0.2, -0.15) is 13.2 Å². The van der Waals surface area contributed by atoms with Gasteiger partial charge in [0.15, 0.2) is 0 Å². The van der Waals surface area contributed by atoms with Gasteiger partial charge in [-0.15, -0.1) is 11.6 Å². The third kappa shape index (κ3) is 20.1. The van der Waals surface area contributed by atoms with Gasteiger partial charge in [0, 0.05) is 73.8 Å². The van der Waals surface area contributed by atoms with Gasteiger partial charge in [0.25, 0.3) is 0 Å². The van der Waals surface area contributed by atoms with Crippen LogP contribution in [0.25, 0.3) is 0 Å². The van der Waals surface area contributed by atoms with E-state index in [0.717, 1.165) is 51.4 Å². The number of likely N-dealkylation sites (tertiary alicyclic amines) is 1. The van der Waals surface area contributed by atoms with E-state index in [4.69, 9.17) is 16.3 Å². The normalized spacial score (nSPS) is 31.0. The Labute approximate surface area is 618 Å². The number of likely N-dealkylation sites (N-methyl/N-ethyl adjacent to an activating group) is 6. The first-order valence-electron chi connectivity index (χ1n) is 38.8. The molecule has 0 aromatic rings. The maximum atomic E-state index is 15.5. The van der Waals surface area contributed by atoms with Crippen molar-refractivity contribution in [1.82, 2.24) is 60.0 Å². The van der Waals surface area contributed by atoms with Crippen molar-refractivity contribution in [2.45, 2.75) is 286 Å². The molecule has 12 amide bonds. The fraction of sp³-hybridized carbons (Fsp3) is 0.840. The molecule has 1 spiro atoms. The number of fused-ring (bicyclic) bond motifs is 2. The summed E-state index contributed by atoms with van der Waals surface area (Å²) in [5.41, 5.74) is -1.57. The van der Waals surface area contributed by atoms with Crippen molar-refractivity contribution in [1.29, 1.82) is 0 Å². The molecule has 0 aromatic heterocycles. The van der Waals surface area contributed by atoms with Crippen molar-refractivity contribution >= 4 is 82.5 Å². The topological polar surface area (TPSA) is 279 Å². The lowest BCUT2D eigenvalue weighted by Gasteiger charge is -2.46. The molecule has 3 unspecified atom stereocenters. The molecule has 13 atom stereocenters. The summed E-state index contributed by atoms with van der Waals surface area (Å²) in [5, 5.41) is 7.66. The van der Waals surface area contributed by atoms with Crippen LogP contribution in [0.15, 0.2) is 0 Å². The standard InChI is InChI=1S/C75H120ClF3N12O13/c1-13-47(6)62-71(101)87(11)59(44-104-50-28-29-50)70(100)91-38-32-55(91)68(98)85(9)57(41-48-23-16-14-17-24-48)67(97)83(7)43-60(92)80-53(31-27-49-26-30-51(52(76)40-49)75(77,78)79)66(96)90-37-22-25-54(90)65(95)82-74(33-18-19-34-74)73(103)88(12)63(46(4)5)72(102)86(10)58(69(99)89-35-20-15-21-36-89)42-61(93)84(8)56(39-45(2)3)64(94)81-62/h45-59,62-63H,13-44H2,1-12H3,(H,80,92)(H,81,94)(H,82,95)/t47-,49?,51?,52?,53-,54-,55-,56-,57-,58-,59-,62-,63-/m0/s1. The zero-order chi connectivity index (χ0) is 76.4. The molecule has 4 heterocycles. The molecular formula is C75H120ClF3N12O13. The molecule has 0 bridgehead atoms. The number of piperidine rings is 1. The van der Waals surface area contributed by atoms with E-state index in [9.17, 15) is 18.0 Å². The van der Waals surface area contributed by atoms with Crippen LogP contribution >= 0.6 is 11.6 Å². The second kappa shape index (κ2) is 36.5. The molecule has 0 aromatic carbocycles. The third-order valence-corrected chi connectivity index (χ3v) is 24.6. The Morgan fingerprint density at radius 2 is 1.23 bits per heavy atom. The molecular weight excluding hydrogens is 1370 g/mol. The van der Waals surface area contributed by atoms with Crippen molar-refractivity contribution < 1.29 is 75.4 Å². The van der Waals surface area contributed by atoms with E-state index in [2.05, 4.69) is 16.0 Å². The number of rotatable bonds is 14. The Bertz CT molecular complexity index is 3070. The summed E-state index contributed by atoms with van der Waals surface area (Å²) in [6, 6.07) is -11.1. The minimum atomic E-state index is -4.51. The molecule has 4 saturated carbocycles. The van der Waals surface area contributed by atoms with Gasteiger partial charge in [0.2, 0.25) is 70.9 Å². The number of amides is 12. The zero-order valence-electron chi connectivity index (χ0n) is 63.8. The smallest absolute Gasteiger partial charge is 0.376 e. The van der Waals surface area contributed by atoms with E-state index in [1.165, 1.54) is 81.5 Å². The van der Waals surface area contributed by atoms with Crippen LogP contribution in [0.5, 0.6) is 0 Å². The number of nitrogens with one attached hydrogen (secondary N) is 3. The van der Waals surface area contributed by atoms with Gasteiger partial charge in [-0.05, 0) is 139 Å². The van der Waals surface area contributed by atoms with Crippen molar-refractivity contribution in [3.63, 3.8) is 0 Å². The zero-order valence-corrected chi connectivity index (χ0v) is 64.5. The lowest BCUT2D eigenvalue weighted by atomic mass is 9.78. The molecule has 25 nitrogen and oxygen atoms in total. The molecule has 8 rings (SSSR count). The highest BCUT2D eigenvalue weighted by molar-refractivity contribution is 6.21. The summed E-state index contributed by atoms with van der Waals surface area (Å²) in [4.78, 5) is 194. The average molecular weight is 1490 g/mol. The Hall–Kier alpha value is -6.32. The summed E-state index contributed by atoms with van der Waals surface area (Å²) < 4.78 is 48.4. The first kappa shape index (κ1) is 83.3. The maximum Gasteiger partial charge on any atom is 0.393 e. The van der Waals surface area contributed by atoms with E-state index in [0.29, 0.717) is 51.6 Å². The van der Waals surface area contributed by atoms with Gasteiger partial charge in [-0.1, -0.05) is 92.9 Å². The molecule has 104 heavy (non-hydrogen) atoms. The van der Waals surface area contributed by atoms with E-state index < -0.39 is 173 Å². The van der Waals surface area contributed by atoms with Crippen LogP contribution in [0.2, 0.25) is 0 Å². The second-order valence-electron chi connectivity index (χ2n) is 32.4. The van der Waals surface area contributed by atoms with Crippen LogP contribution in [-0.2, 0) is 62.3 Å². The Balaban J connectivity index is 1.17. The first-order valence-corrected chi connectivity index (χ1v) is 39.3. The Morgan fingerprint density at radius 3 is 1.82 bits per heavy atom. The monoisotopic (exact) mass is 1490 g/mol. The van der Waals surface area contributed by atoms with Gasteiger partial charge < -0.3 is 64.8 Å². The largest absolute Gasteiger partial charge is 0.393 e. The number of nitrogens with zero attached hydrogens (tertiary/aromatic N) is 9. The molecule has 3 N–H and O–H groups in total. The summed E-state index contributed by atoms with van der Waals surface area (Å²) in [7, 11) is 8.70. The fourth-order valence-electron chi connectivity index (χ4n) is 17.0. The lowest BCUT2D eigenvalue weighted by molar-refractivity contribution is -0.182. The van der Waals surface area contributed by atoms with Gasteiger partial charge in [-0.25, -0.2) is 0 Å². The minimum absolute atomic E-state index is 0.00254. The summed E-state index contributed by atoms with van der Waals surface area (Å²) in [6.45, 7) is 11.0. The maximum absolute atomic E-state index is 15.5. The Kier molecular flexibility index (Phi) is 29.3. The van der Waals surface area contributed by atoms with Crippen LogP contribution < -0.4 is 16.0 Å². The van der Waals surface area contributed by atoms with Gasteiger partial charge in [0.1, 0.15) is 59.9 Å². The molecule has 586 valence electrons. The molecule has 4 saturated heterocycles. The first-order chi connectivity index (χ1) is 49.1. The minimum Gasteiger partial charge on any atom is -0.376 e. The predicted molar refractivity (Wildman–Crippen MR) is 383 cm³/mol. The second-order valence-corrected chi connectivity index (χ2v) is 33.0. The molecule has 4 aliphatic heterocycles. The molecule has 29 heteroatoms. The fourth-order valence-corrected chi connectivity index (χ4v) is 17.6. The number of carbonyl (C=O) groups excluding carboxylic acids is 12. The van der Waals surface area contributed by atoms with E-state index >= 15 is 52.7 Å². The quantitative estimate of drug-likeness (QED) is 0.162. The van der Waals surface area contributed by atoms with Gasteiger partial charge in [-0.3, -0.25) is 57.5 Å². The van der Waals surface area contributed by atoms with Crippen molar-refractivity contribution in [3.8, 4) is 0 Å². The molecule has 0 radical (unpaired) electrons. The lowest BCUT2D eigenvalue weighted by Crippen LogP contribution is -2.66. The highest BCUT2D eigenvalue weighted by Gasteiger charge is 2.53. The number of hydrogen-bond acceptors (Lipinski definition) is 13. The number of carbonyl (C=O) groups is 12. The van der Waals surface area contributed by atoms with Crippen molar-refractivity contribution in [2.75, 3.05) is 81.6 Å². The van der Waals surface area contributed by atoms with E-state index in [1.807, 2.05) is 20.8 Å². The third-order valence-electron chi connectivity index (χ3n) is 24.1. The summed E-state index contributed by atoms with van der Waals surface area (Å²) >= 11 is 6.42. The van der Waals surface area contributed by atoms with Crippen LogP contribution in [0.3, 0.4) is 0 Å². The number of alkyl halides is 4. The van der Waals surface area contributed by atoms with E-state index in [1.54, 1.807) is 25.7 Å². The predicted octanol–water partition coefficient (Wildman–Crippen LogP) is 6.25.